The quantitative estimate of drug-likeness (QED) is 0.246. The van der Waals surface area contributed by atoms with Gasteiger partial charge in [0.15, 0.2) is 0 Å². The highest BCUT2D eigenvalue weighted by Gasteiger charge is 2.17. The molecule has 3 amide bonds. The van der Waals surface area contributed by atoms with Crippen molar-refractivity contribution in [3.63, 3.8) is 0 Å². The predicted octanol–water partition coefficient (Wildman–Crippen LogP) is 4.83. The first-order chi connectivity index (χ1) is 18.1. The molecule has 0 unspecified atom stereocenters. The SMILES string of the molecule is CCCCCNC(=O)c1ccc(NC(=O)c2ccc(NC(=O)CN)c(OCC(C)C)c2)c(OCC(C)C)c1. The van der Waals surface area contributed by atoms with Crippen LogP contribution in [0.2, 0.25) is 0 Å². The average Bonchev–Trinajstić information content (AvgIpc) is 2.89. The van der Waals surface area contributed by atoms with Gasteiger partial charge in [-0.15, -0.1) is 0 Å². The molecule has 2 aromatic carbocycles. The summed E-state index contributed by atoms with van der Waals surface area (Å²) in [4.78, 5) is 37.6. The topological polar surface area (TPSA) is 132 Å². The lowest BCUT2D eigenvalue weighted by molar-refractivity contribution is -0.114. The molecule has 9 heteroatoms. The summed E-state index contributed by atoms with van der Waals surface area (Å²) in [6.07, 6.45) is 3.05. The van der Waals surface area contributed by atoms with Gasteiger partial charge >= 0.3 is 0 Å². The van der Waals surface area contributed by atoms with Crippen molar-refractivity contribution in [3.05, 3.63) is 47.5 Å². The summed E-state index contributed by atoms with van der Waals surface area (Å²) in [5.74, 6) is 0.349. The molecule has 9 nitrogen and oxygen atoms in total. The van der Waals surface area contributed by atoms with Crippen LogP contribution < -0.4 is 31.2 Å². The minimum absolute atomic E-state index is 0.169. The van der Waals surface area contributed by atoms with Gasteiger partial charge in [0.2, 0.25) is 5.91 Å². The molecule has 0 radical (unpaired) electrons. The molecule has 0 spiro atoms. The molecule has 0 fully saturated rings. The monoisotopic (exact) mass is 526 g/mol. The number of nitrogens with two attached hydrogens (primary N) is 1. The summed E-state index contributed by atoms with van der Waals surface area (Å²) >= 11 is 0. The molecule has 38 heavy (non-hydrogen) atoms. The molecule has 0 aliphatic rings. The summed E-state index contributed by atoms with van der Waals surface area (Å²) < 4.78 is 11.8. The van der Waals surface area contributed by atoms with Crippen molar-refractivity contribution in [2.75, 3.05) is 36.9 Å². The molecule has 0 saturated carbocycles. The predicted molar refractivity (Wildman–Crippen MR) is 151 cm³/mol. The minimum Gasteiger partial charge on any atom is -0.491 e. The molecule has 2 aromatic rings. The zero-order chi connectivity index (χ0) is 28.1. The van der Waals surface area contributed by atoms with Crippen LogP contribution in [0.3, 0.4) is 0 Å². The summed E-state index contributed by atoms with van der Waals surface area (Å²) in [6.45, 7) is 11.4. The van der Waals surface area contributed by atoms with Crippen LogP contribution >= 0.6 is 0 Å². The molecule has 5 N–H and O–H groups in total. The molecule has 0 aliphatic carbocycles. The molecule has 208 valence electrons. The van der Waals surface area contributed by atoms with Crippen LogP contribution in [0.5, 0.6) is 11.5 Å². The first kappa shape index (κ1) is 30.6. The highest BCUT2D eigenvalue weighted by molar-refractivity contribution is 6.06. The smallest absolute Gasteiger partial charge is 0.255 e. The lowest BCUT2D eigenvalue weighted by atomic mass is 10.1. The van der Waals surface area contributed by atoms with Gasteiger partial charge in [-0.3, -0.25) is 14.4 Å². The second-order valence-electron chi connectivity index (χ2n) is 10.0. The van der Waals surface area contributed by atoms with Gasteiger partial charge in [0.1, 0.15) is 11.5 Å². The number of anilines is 2. The number of hydrogen-bond donors (Lipinski definition) is 4. The summed E-state index contributed by atoms with van der Waals surface area (Å²) in [5.41, 5.74) is 7.11. The van der Waals surface area contributed by atoms with E-state index in [9.17, 15) is 14.4 Å². The first-order valence-electron chi connectivity index (χ1n) is 13.3. The highest BCUT2D eigenvalue weighted by Crippen LogP contribution is 2.30. The van der Waals surface area contributed by atoms with Crippen LogP contribution in [-0.4, -0.2) is 44.0 Å². The van der Waals surface area contributed by atoms with Crippen LogP contribution in [0.15, 0.2) is 36.4 Å². The first-order valence-corrected chi connectivity index (χ1v) is 13.3. The lowest BCUT2D eigenvalue weighted by Gasteiger charge is -2.17. The average molecular weight is 527 g/mol. The van der Waals surface area contributed by atoms with E-state index in [0.29, 0.717) is 53.8 Å². The van der Waals surface area contributed by atoms with Crippen molar-refractivity contribution in [2.24, 2.45) is 17.6 Å². The van der Waals surface area contributed by atoms with Crippen molar-refractivity contribution in [1.29, 1.82) is 0 Å². The molecule has 0 heterocycles. The highest BCUT2D eigenvalue weighted by atomic mass is 16.5. The number of unbranched alkanes of at least 4 members (excludes halogenated alkanes) is 2. The summed E-state index contributed by atoms with van der Waals surface area (Å²) in [5, 5.41) is 8.50. The van der Waals surface area contributed by atoms with E-state index in [4.69, 9.17) is 15.2 Å². The van der Waals surface area contributed by atoms with Crippen LogP contribution in [0.4, 0.5) is 11.4 Å². The van der Waals surface area contributed by atoms with E-state index >= 15 is 0 Å². The molecular formula is C29H42N4O5. The van der Waals surface area contributed by atoms with Crippen LogP contribution in [0.25, 0.3) is 0 Å². The Hall–Kier alpha value is -3.59. The third-order valence-electron chi connectivity index (χ3n) is 5.41. The van der Waals surface area contributed by atoms with Crippen molar-refractivity contribution < 1.29 is 23.9 Å². The van der Waals surface area contributed by atoms with E-state index in [1.807, 2.05) is 27.7 Å². The second-order valence-corrected chi connectivity index (χ2v) is 10.0. The number of rotatable bonds is 15. The van der Waals surface area contributed by atoms with Crippen molar-refractivity contribution in [2.45, 2.75) is 53.9 Å². The molecule has 0 atom stereocenters. The fourth-order valence-corrected chi connectivity index (χ4v) is 3.36. The number of ether oxygens (including phenoxy) is 2. The van der Waals surface area contributed by atoms with E-state index in [1.54, 1.807) is 36.4 Å². The van der Waals surface area contributed by atoms with Crippen molar-refractivity contribution in [3.8, 4) is 11.5 Å². The number of carbonyl (C=O) groups excluding carboxylic acids is 3. The number of nitrogens with one attached hydrogen (secondary N) is 3. The number of amides is 3. The fraction of sp³-hybridized carbons (Fsp3) is 0.483. The number of benzene rings is 2. The Balaban J connectivity index is 2.27. The molecule has 0 bridgehead atoms. The van der Waals surface area contributed by atoms with Crippen molar-refractivity contribution >= 4 is 29.1 Å². The second kappa shape index (κ2) is 15.6. The Morgan fingerprint density at radius 2 is 1.32 bits per heavy atom. The number of hydrogen-bond acceptors (Lipinski definition) is 6. The van der Waals surface area contributed by atoms with Gasteiger partial charge in [0.25, 0.3) is 11.8 Å². The van der Waals surface area contributed by atoms with Gasteiger partial charge in [-0.1, -0.05) is 47.5 Å². The standard InChI is InChI=1S/C29H42N4O5/c1-6-7-8-13-31-28(35)21-9-12-24(26(14-21)38-18-20(4)5)33-29(36)22-10-11-23(32-27(34)16-30)25(15-22)37-17-19(2)3/h9-12,14-15,19-20H,6-8,13,16-18,30H2,1-5H3,(H,31,35)(H,32,34)(H,33,36). The number of carbonyl (C=O) groups is 3. The van der Waals surface area contributed by atoms with E-state index in [2.05, 4.69) is 22.9 Å². The maximum atomic E-state index is 13.2. The van der Waals surface area contributed by atoms with Crippen molar-refractivity contribution in [1.82, 2.24) is 5.32 Å². The maximum absolute atomic E-state index is 13.2. The zero-order valence-electron chi connectivity index (χ0n) is 23.2. The Bertz CT molecular complexity index is 1080. The Labute approximate surface area is 225 Å². The summed E-state index contributed by atoms with van der Waals surface area (Å²) in [6, 6.07) is 9.76. The molecular weight excluding hydrogens is 484 g/mol. The Kier molecular flexibility index (Phi) is 12.6. The van der Waals surface area contributed by atoms with Gasteiger partial charge in [0, 0.05) is 17.7 Å². The van der Waals surface area contributed by atoms with Gasteiger partial charge in [-0.05, 0) is 54.7 Å². The fourth-order valence-electron chi connectivity index (χ4n) is 3.36. The molecule has 0 saturated heterocycles. The largest absolute Gasteiger partial charge is 0.491 e. The Morgan fingerprint density at radius 1 is 0.789 bits per heavy atom. The normalized spacial score (nSPS) is 10.8. The molecule has 0 aromatic heterocycles. The third-order valence-corrected chi connectivity index (χ3v) is 5.41. The lowest BCUT2D eigenvalue weighted by Crippen LogP contribution is -2.24. The minimum atomic E-state index is -0.387. The van der Waals surface area contributed by atoms with E-state index in [1.165, 1.54) is 0 Å². The van der Waals surface area contributed by atoms with Crippen LogP contribution in [0.1, 0.15) is 74.6 Å². The van der Waals surface area contributed by atoms with E-state index in [-0.39, 0.29) is 36.1 Å². The Morgan fingerprint density at radius 3 is 1.82 bits per heavy atom. The zero-order valence-corrected chi connectivity index (χ0v) is 23.2. The van der Waals surface area contributed by atoms with E-state index in [0.717, 1.165) is 19.3 Å². The summed E-state index contributed by atoms with van der Waals surface area (Å²) in [7, 11) is 0. The van der Waals surface area contributed by atoms with Gasteiger partial charge < -0.3 is 31.2 Å². The van der Waals surface area contributed by atoms with Gasteiger partial charge in [0.05, 0.1) is 31.1 Å². The third kappa shape index (κ3) is 10.0. The molecule has 0 aliphatic heterocycles. The maximum Gasteiger partial charge on any atom is 0.255 e. The van der Waals surface area contributed by atoms with Gasteiger partial charge in [-0.25, -0.2) is 0 Å². The van der Waals surface area contributed by atoms with E-state index < -0.39 is 0 Å². The van der Waals surface area contributed by atoms with Crippen LogP contribution in [-0.2, 0) is 4.79 Å². The van der Waals surface area contributed by atoms with Gasteiger partial charge in [-0.2, -0.15) is 0 Å². The van der Waals surface area contributed by atoms with Crippen LogP contribution in [0, 0.1) is 11.8 Å². The molecule has 2 rings (SSSR count).